The van der Waals surface area contributed by atoms with Gasteiger partial charge in [0.25, 0.3) is 0 Å². The van der Waals surface area contributed by atoms with Crippen LogP contribution >= 0.6 is 11.6 Å². The van der Waals surface area contributed by atoms with E-state index in [1.54, 1.807) is 0 Å². The number of benzene rings is 2. The molecule has 0 aliphatic heterocycles. The van der Waals surface area contributed by atoms with Crippen LogP contribution < -0.4 is 5.73 Å². The fourth-order valence-corrected chi connectivity index (χ4v) is 2.74. The third-order valence-electron chi connectivity index (χ3n) is 3.78. The number of aromatic nitrogens is 2. The Bertz CT molecular complexity index is 731. The van der Waals surface area contributed by atoms with E-state index in [1.807, 2.05) is 54.2 Å². The highest BCUT2D eigenvalue weighted by Gasteiger charge is 2.19. The minimum absolute atomic E-state index is 0.00369. The van der Waals surface area contributed by atoms with Crippen molar-refractivity contribution in [3.05, 3.63) is 65.3 Å². The molecule has 0 spiro atoms. The molecule has 0 aliphatic carbocycles. The summed E-state index contributed by atoms with van der Waals surface area (Å²) in [4.78, 5) is 0. The molecule has 0 fully saturated rings. The molecule has 0 radical (unpaired) electrons. The number of rotatable bonds is 4. The predicted molar refractivity (Wildman–Crippen MR) is 87.6 cm³/mol. The standard InChI is InChI=1S/C17H18ClN3/c1-12(19)17(10-13-6-8-15(18)9-7-13)21-16-5-3-2-4-14(16)11-20-21/h2-9,11-12,17H,10,19H2,1H3. The number of halogens is 1. The molecular formula is C17H18ClN3. The second-order valence-electron chi connectivity index (χ2n) is 5.41. The van der Waals surface area contributed by atoms with E-state index >= 15 is 0 Å². The average molecular weight is 300 g/mol. The monoisotopic (exact) mass is 299 g/mol. The fourth-order valence-electron chi connectivity index (χ4n) is 2.61. The van der Waals surface area contributed by atoms with E-state index in [2.05, 4.69) is 17.2 Å². The van der Waals surface area contributed by atoms with Gasteiger partial charge in [-0.1, -0.05) is 41.9 Å². The molecule has 2 aromatic carbocycles. The summed E-state index contributed by atoms with van der Waals surface area (Å²) >= 11 is 5.95. The molecule has 108 valence electrons. The van der Waals surface area contributed by atoms with Crippen molar-refractivity contribution in [3.8, 4) is 0 Å². The highest BCUT2D eigenvalue weighted by atomic mass is 35.5. The molecule has 1 heterocycles. The van der Waals surface area contributed by atoms with Crippen LogP contribution in [-0.4, -0.2) is 15.8 Å². The van der Waals surface area contributed by atoms with Gasteiger partial charge in [0.2, 0.25) is 0 Å². The second kappa shape index (κ2) is 5.88. The Morgan fingerprint density at radius 1 is 1.14 bits per heavy atom. The summed E-state index contributed by atoms with van der Waals surface area (Å²) < 4.78 is 2.04. The van der Waals surface area contributed by atoms with Crippen LogP contribution in [0.2, 0.25) is 5.02 Å². The van der Waals surface area contributed by atoms with Gasteiger partial charge in [-0.25, -0.2) is 0 Å². The third-order valence-corrected chi connectivity index (χ3v) is 4.04. The van der Waals surface area contributed by atoms with Crippen molar-refractivity contribution in [2.24, 2.45) is 5.73 Å². The first-order valence-electron chi connectivity index (χ1n) is 7.07. The van der Waals surface area contributed by atoms with Gasteiger partial charge in [-0.3, -0.25) is 4.68 Å². The van der Waals surface area contributed by atoms with Crippen molar-refractivity contribution in [3.63, 3.8) is 0 Å². The first-order chi connectivity index (χ1) is 10.1. The first kappa shape index (κ1) is 14.1. The van der Waals surface area contributed by atoms with Crippen LogP contribution in [0.1, 0.15) is 18.5 Å². The molecule has 2 atom stereocenters. The number of nitrogens with zero attached hydrogens (tertiary/aromatic N) is 2. The zero-order chi connectivity index (χ0) is 14.8. The number of nitrogens with two attached hydrogens (primary N) is 1. The average Bonchev–Trinajstić information content (AvgIpc) is 2.90. The second-order valence-corrected chi connectivity index (χ2v) is 5.84. The van der Waals surface area contributed by atoms with Crippen molar-refractivity contribution in [2.75, 3.05) is 0 Å². The van der Waals surface area contributed by atoms with Gasteiger partial charge in [-0.15, -0.1) is 0 Å². The maximum Gasteiger partial charge on any atom is 0.0714 e. The Kier molecular flexibility index (Phi) is 3.95. The largest absolute Gasteiger partial charge is 0.326 e. The first-order valence-corrected chi connectivity index (χ1v) is 7.45. The van der Waals surface area contributed by atoms with E-state index in [4.69, 9.17) is 17.3 Å². The summed E-state index contributed by atoms with van der Waals surface area (Å²) in [6.45, 7) is 2.02. The molecule has 4 heteroatoms. The van der Waals surface area contributed by atoms with Crippen LogP contribution in [0.5, 0.6) is 0 Å². The Labute approximate surface area is 129 Å². The van der Waals surface area contributed by atoms with Crippen LogP contribution in [0, 0.1) is 0 Å². The molecule has 0 bridgehead atoms. The molecule has 3 aromatic rings. The lowest BCUT2D eigenvalue weighted by atomic mass is 10.0. The maximum absolute atomic E-state index is 6.21. The SMILES string of the molecule is CC(N)C(Cc1ccc(Cl)cc1)n1ncc2ccccc21. The molecule has 0 aliphatic rings. The summed E-state index contributed by atoms with van der Waals surface area (Å²) in [5.74, 6) is 0. The van der Waals surface area contributed by atoms with Crippen molar-refractivity contribution in [1.82, 2.24) is 9.78 Å². The fraction of sp³-hybridized carbons (Fsp3) is 0.235. The quantitative estimate of drug-likeness (QED) is 0.796. The Morgan fingerprint density at radius 3 is 2.57 bits per heavy atom. The van der Waals surface area contributed by atoms with Gasteiger partial charge in [0.1, 0.15) is 0 Å². The minimum Gasteiger partial charge on any atom is -0.326 e. The van der Waals surface area contributed by atoms with Gasteiger partial charge < -0.3 is 5.73 Å². The Morgan fingerprint density at radius 2 is 1.86 bits per heavy atom. The molecule has 0 saturated carbocycles. The van der Waals surface area contributed by atoms with Gasteiger partial charge >= 0.3 is 0 Å². The Balaban J connectivity index is 1.96. The lowest BCUT2D eigenvalue weighted by molar-refractivity contribution is 0.402. The number of hydrogen-bond acceptors (Lipinski definition) is 2. The third kappa shape index (κ3) is 2.94. The van der Waals surface area contributed by atoms with E-state index in [0.717, 1.165) is 22.3 Å². The molecule has 21 heavy (non-hydrogen) atoms. The van der Waals surface area contributed by atoms with E-state index < -0.39 is 0 Å². The van der Waals surface area contributed by atoms with Gasteiger partial charge in [-0.2, -0.15) is 5.10 Å². The number of hydrogen-bond donors (Lipinski definition) is 1. The topological polar surface area (TPSA) is 43.8 Å². The molecule has 0 saturated heterocycles. The Hall–Kier alpha value is -1.84. The van der Waals surface area contributed by atoms with Crippen LogP contribution in [0.4, 0.5) is 0 Å². The lowest BCUT2D eigenvalue weighted by Crippen LogP contribution is -2.31. The van der Waals surface area contributed by atoms with Gasteiger partial charge in [0.05, 0.1) is 17.8 Å². The van der Waals surface area contributed by atoms with Crippen LogP contribution in [0.15, 0.2) is 54.7 Å². The maximum atomic E-state index is 6.21. The molecule has 0 amide bonds. The van der Waals surface area contributed by atoms with E-state index in [0.29, 0.717) is 0 Å². The predicted octanol–water partition coefficient (Wildman–Crippen LogP) is 3.82. The highest BCUT2D eigenvalue weighted by molar-refractivity contribution is 6.30. The number of fused-ring (bicyclic) bond motifs is 1. The zero-order valence-corrected chi connectivity index (χ0v) is 12.7. The molecule has 2 N–H and O–H groups in total. The van der Waals surface area contributed by atoms with Crippen molar-refractivity contribution in [1.29, 1.82) is 0 Å². The van der Waals surface area contributed by atoms with Crippen molar-refractivity contribution < 1.29 is 0 Å². The summed E-state index contributed by atoms with van der Waals surface area (Å²) in [5, 5.41) is 6.43. The van der Waals surface area contributed by atoms with Gasteiger partial charge in [0, 0.05) is 16.5 Å². The summed E-state index contributed by atoms with van der Waals surface area (Å²) in [5.41, 5.74) is 8.54. The molecule has 2 unspecified atom stereocenters. The molecular weight excluding hydrogens is 282 g/mol. The summed E-state index contributed by atoms with van der Waals surface area (Å²) in [6.07, 6.45) is 2.73. The minimum atomic E-state index is 0.00369. The lowest BCUT2D eigenvalue weighted by Gasteiger charge is -2.22. The molecule has 3 nitrogen and oxygen atoms in total. The van der Waals surface area contributed by atoms with Crippen LogP contribution in [0.3, 0.4) is 0 Å². The zero-order valence-electron chi connectivity index (χ0n) is 11.9. The van der Waals surface area contributed by atoms with Gasteiger partial charge in [-0.05, 0) is 37.1 Å². The summed E-state index contributed by atoms with van der Waals surface area (Å²) in [6, 6.07) is 16.2. The number of para-hydroxylation sites is 1. The van der Waals surface area contributed by atoms with E-state index in [9.17, 15) is 0 Å². The van der Waals surface area contributed by atoms with Gasteiger partial charge in [0.15, 0.2) is 0 Å². The van der Waals surface area contributed by atoms with Crippen LogP contribution in [0.25, 0.3) is 10.9 Å². The normalized spacial score (nSPS) is 14.2. The summed E-state index contributed by atoms with van der Waals surface area (Å²) in [7, 11) is 0. The smallest absolute Gasteiger partial charge is 0.0714 e. The molecule has 1 aromatic heterocycles. The van der Waals surface area contributed by atoms with Crippen LogP contribution in [-0.2, 0) is 6.42 Å². The van der Waals surface area contributed by atoms with Crippen molar-refractivity contribution in [2.45, 2.75) is 25.4 Å². The van der Waals surface area contributed by atoms with Crippen molar-refractivity contribution >= 4 is 22.5 Å². The van der Waals surface area contributed by atoms with E-state index in [-0.39, 0.29) is 12.1 Å². The highest BCUT2D eigenvalue weighted by Crippen LogP contribution is 2.23. The molecule has 3 rings (SSSR count). The van der Waals surface area contributed by atoms with E-state index in [1.165, 1.54) is 5.56 Å².